The lowest BCUT2D eigenvalue weighted by atomic mass is 10.0. The van der Waals surface area contributed by atoms with E-state index in [-0.39, 0.29) is 17.4 Å². The minimum Gasteiger partial charge on any atom is -0.484 e. The monoisotopic (exact) mass is 514 g/mol. The zero-order valence-corrected chi connectivity index (χ0v) is 20.9. The number of anilines is 2. The van der Waals surface area contributed by atoms with E-state index in [1.54, 1.807) is 30.3 Å². The number of carbonyl (C=O) groups excluding carboxylic acids is 1. The van der Waals surface area contributed by atoms with E-state index in [9.17, 15) is 13.2 Å². The van der Waals surface area contributed by atoms with Gasteiger partial charge in [0.1, 0.15) is 11.5 Å². The van der Waals surface area contributed by atoms with Crippen LogP contribution in [0.2, 0.25) is 0 Å². The maximum absolute atomic E-state index is 13.3. The highest BCUT2D eigenvalue weighted by atomic mass is 32.2. The lowest BCUT2D eigenvalue weighted by Crippen LogP contribution is -2.35. The van der Waals surface area contributed by atoms with E-state index in [2.05, 4.69) is 5.32 Å². The highest BCUT2D eigenvalue weighted by molar-refractivity contribution is 7.92. The first-order valence-corrected chi connectivity index (χ1v) is 13.4. The number of ether oxygens (including phenoxy) is 2. The fourth-order valence-corrected chi connectivity index (χ4v) is 5.73. The summed E-state index contributed by atoms with van der Waals surface area (Å²) in [6, 6.07) is 30.1. The van der Waals surface area contributed by atoms with E-state index in [0.717, 1.165) is 24.1 Å². The smallest absolute Gasteiger partial charge is 0.264 e. The standard InChI is InChI=1S/C29H26N2O5S/c32-29(30-26-13-5-7-15-28(26)36-24-11-2-1-3-12-24)21-35-23-16-18-25(19-17-23)37(33,34)31-20-8-10-22-9-4-6-14-27(22)31/h1-7,9,11-19H,8,10,20-21H2,(H,30,32). The molecule has 5 rings (SSSR count). The number of amides is 1. The van der Waals surface area contributed by atoms with Crippen LogP contribution < -0.4 is 19.1 Å². The second kappa shape index (κ2) is 10.8. The molecule has 1 heterocycles. The molecule has 37 heavy (non-hydrogen) atoms. The summed E-state index contributed by atoms with van der Waals surface area (Å²) in [4.78, 5) is 12.7. The Morgan fingerprint density at radius 2 is 1.51 bits per heavy atom. The first-order chi connectivity index (χ1) is 18.0. The highest BCUT2D eigenvalue weighted by Gasteiger charge is 2.28. The van der Waals surface area contributed by atoms with Crippen molar-refractivity contribution in [2.24, 2.45) is 0 Å². The van der Waals surface area contributed by atoms with Gasteiger partial charge in [0.05, 0.1) is 16.3 Å². The Bertz CT molecular complexity index is 1490. The van der Waals surface area contributed by atoms with Crippen molar-refractivity contribution >= 4 is 27.3 Å². The van der Waals surface area contributed by atoms with Crippen LogP contribution in [0.5, 0.6) is 17.2 Å². The number of carbonyl (C=O) groups is 1. The van der Waals surface area contributed by atoms with Gasteiger partial charge in [-0.1, -0.05) is 48.5 Å². The second-order valence-electron chi connectivity index (χ2n) is 8.53. The molecule has 1 N–H and O–H groups in total. The van der Waals surface area contributed by atoms with Crippen molar-refractivity contribution in [3.63, 3.8) is 0 Å². The average Bonchev–Trinajstić information content (AvgIpc) is 2.93. The van der Waals surface area contributed by atoms with Gasteiger partial charge in [0, 0.05) is 6.54 Å². The molecule has 0 aromatic heterocycles. The van der Waals surface area contributed by atoms with Crippen LogP contribution in [-0.4, -0.2) is 27.5 Å². The van der Waals surface area contributed by atoms with Crippen LogP contribution in [0.4, 0.5) is 11.4 Å². The molecule has 0 saturated heterocycles. The van der Waals surface area contributed by atoms with Crippen molar-refractivity contribution in [3.8, 4) is 17.2 Å². The van der Waals surface area contributed by atoms with Crippen molar-refractivity contribution in [1.29, 1.82) is 0 Å². The largest absolute Gasteiger partial charge is 0.484 e. The van der Waals surface area contributed by atoms with Gasteiger partial charge in [-0.15, -0.1) is 0 Å². The van der Waals surface area contributed by atoms with Gasteiger partial charge in [-0.05, 0) is 73.0 Å². The molecule has 0 bridgehead atoms. The van der Waals surface area contributed by atoms with Crippen molar-refractivity contribution in [1.82, 2.24) is 0 Å². The number of nitrogens with one attached hydrogen (secondary N) is 1. The van der Waals surface area contributed by atoms with Gasteiger partial charge in [-0.2, -0.15) is 0 Å². The molecule has 4 aromatic rings. The van der Waals surface area contributed by atoms with E-state index < -0.39 is 10.0 Å². The number of rotatable bonds is 8. The molecule has 0 saturated carbocycles. The summed E-state index contributed by atoms with van der Waals surface area (Å²) in [6.07, 6.45) is 1.63. The number of hydrogen-bond acceptors (Lipinski definition) is 5. The molecular weight excluding hydrogens is 488 g/mol. The SMILES string of the molecule is O=C(COc1ccc(S(=O)(=O)N2CCCc3ccccc32)cc1)Nc1ccccc1Oc1ccccc1. The van der Waals surface area contributed by atoms with Crippen LogP contribution in [0.1, 0.15) is 12.0 Å². The lowest BCUT2D eigenvalue weighted by molar-refractivity contribution is -0.118. The third-order valence-corrected chi connectivity index (χ3v) is 7.81. The average molecular weight is 515 g/mol. The summed E-state index contributed by atoms with van der Waals surface area (Å²) in [6.45, 7) is 0.193. The number of nitrogens with zero attached hydrogens (tertiary/aromatic N) is 1. The number of aryl methyl sites for hydroxylation is 1. The number of benzene rings is 4. The molecule has 4 aromatic carbocycles. The normalized spacial score (nSPS) is 12.9. The Morgan fingerprint density at radius 1 is 0.811 bits per heavy atom. The Hall–Kier alpha value is -4.30. The van der Waals surface area contributed by atoms with Gasteiger partial charge in [0.15, 0.2) is 12.4 Å². The maximum Gasteiger partial charge on any atom is 0.264 e. The van der Waals surface area contributed by atoms with E-state index in [0.29, 0.717) is 29.5 Å². The molecule has 0 aliphatic carbocycles. The summed E-state index contributed by atoms with van der Waals surface area (Å²) in [5.74, 6) is 1.19. The lowest BCUT2D eigenvalue weighted by Gasteiger charge is -2.30. The Balaban J connectivity index is 1.22. The fraction of sp³-hybridized carbons (Fsp3) is 0.138. The topological polar surface area (TPSA) is 84.9 Å². The summed E-state index contributed by atoms with van der Waals surface area (Å²) >= 11 is 0. The van der Waals surface area contributed by atoms with Gasteiger partial charge < -0.3 is 14.8 Å². The third-order valence-electron chi connectivity index (χ3n) is 5.98. The van der Waals surface area contributed by atoms with Crippen LogP contribution in [-0.2, 0) is 21.2 Å². The minimum atomic E-state index is -3.71. The van der Waals surface area contributed by atoms with Gasteiger partial charge in [-0.3, -0.25) is 9.10 Å². The van der Waals surface area contributed by atoms with Gasteiger partial charge in [0.2, 0.25) is 0 Å². The molecule has 1 aliphatic heterocycles. The minimum absolute atomic E-state index is 0.174. The number of sulfonamides is 1. The van der Waals surface area contributed by atoms with Gasteiger partial charge in [-0.25, -0.2) is 8.42 Å². The Morgan fingerprint density at radius 3 is 2.32 bits per heavy atom. The molecule has 7 nitrogen and oxygen atoms in total. The van der Waals surface area contributed by atoms with Crippen molar-refractivity contribution in [2.75, 3.05) is 22.8 Å². The van der Waals surface area contributed by atoms with E-state index in [4.69, 9.17) is 9.47 Å². The molecule has 188 valence electrons. The fourth-order valence-electron chi connectivity index (χ4n) is 4.19. The predicted octanol–water partition coefficient (Wildman–Crippen LogP) is 5.64. The zero-order chi connectivity index (χ0) is 25.7. The summed E-state index contributed by atoms with van der Waals surface area (Å²) in [5, 5.41) is 2.80. The van der Waals surface area contributed by atoms with Crippen LogP contribution in [0.3, 0.4) is 0 Å². The molecule has 1 amide bonds. The van der Waals surface area contributed by atoms with E-state index in [1.807, 2.05) is 60.7 Å². The van der Waals surface area contributed by atoms with Gasteiger partial charge >= 0.3 is 0 Å². The Kier molecular flexibility index (Phi) is 7.09. The van der Waals surface area contributed by atoms with Crippen molar-refractivity contribution in [3.05, 3.63) is 109 Å². The van der Waals surface area contributed by atoms with Crippen LogP contribution in [0.25, 0.3) is 0 Å². The third kappa shape index (κ3) is 5.59. The maximum atomic E-state index is 13.3. The van der Waals surface area contributed by atoms with E-state index in [1.165, 1.54) is 16.4 Å². The quantitative estimate of drug-likeness (QED) is 0.329. The zero-order valence-electron chi connectivity index (χ0n) is 20.0. The summed E-state index contributed by atoms with van der Waals surface area (Å²) < 4.78 is 39.5. The predicted molar refractivity (Wildman–Crippen MR) is 143 cm³/mol. The molecule has 1 aliphatic rings. The van der Waals surface area contributed by atoms with Crippen molar-refractivity contribution < 1.29 is 22.7 Å². The van der Waals surface area contributed by atoms with Crippen LogP contribution in [0, 0.1) is 0 Å². The van der Waals surface area contributed by atoms with Crippen molar-refractivity contribution in [2.45, 2.75) is 17.7 Å². The molecule has 0 radical (unpaired) electrons. The Labute approximate surface area is 216 Å². The molecule has 0 atom stereocenters. The van der Waals surface area contributed by atoms with Crippen LogP contribution in [0.15, 0.2) is 108 Å². The van der Waals surface area contributed by atoms with Crippen LogP contribution >= 0.6 is 0 Å². The van der Waals surface area contributed by atoms with E-state index >= 15 is 0 Å². The number of para-hydroxylation sites is 4. The molecule has 0 fully saturated rings. The highest BCUT2D eigenvalue weighted by Crippen LogP contribution is 2.32. The first kappa shape index (κ1) is 24.4. The van der Waals surface area contributed by atoms with Gasteiger partial charge in [0.25, 0.3) is 15.9 Å². The summed E-state index contributed by atoms with van der Waals surface area (Å²) in [7, 11) is -3.71. The summed E-state index contributed by atoms with van der Waals surface area (Å²) in [5.41, 5.74) is 2.27. The number of fused-ring (bicyclic) bond motifs is 1. The second-order valence-corrected chi connectivity index (χ2v) is 10.4. The number of hydrogen-bond donors (Lipinski definition) is 1. The first-order valence-electron chi connectivity index (χ1n) is 12.0. The molecule has 0 unspecified atom stereocenters. The molecular formula is C29H26N2O5S. The molecule has 0 spiro atoms. The molecule has 8 heteroatoms.